The average molecular weight is 811 g/mol. The number of ether oxygens (including phenoxy) is 3. The van der Waals surface area contributed by atoms with Crippen molar-refractivity contribution in [1.29, 1.82) is 0 Å². The van der Waals surface area contributed by atoms with Crippen LogP contribution in [0.15, 0.2) is 24.3 Å². The Hall–Kier alpha value is -2.36. The Balaban J connectivity index is 1.68. The number of aliphatic hydroxyl groups is 6. The average Bonchev–Trinajstić information content (AvgIpc) is 3.22. The summed E-state index contributed by atoms with van der Waals surface area (Å²) in [4.78, 5) is 25.4. The van der Waals surface area contributed by atoms with Gasteiger partial charge in [-0.2, -0.15) is 0 Å². The molecule has 0 aromatic heterocycles. The minimum Gasteiger partial charge on any atom is -0.496 e. The van der Waals surface area contributed by atoms with Gasteiger partial charge in [0.1, 0.15) is 36.3 Å². The smallest absolute Gasteiger partial charge is 0.255 e. The molecule has 0 bridgehead atoms. The van der Waals surface area contributed by atoms with Crippen molar-refractivity contribution in [2.45, 2.75) is 204 Å². The molecular formula is C44H78N2O11. The number of carbonyl (C=O) groups is 2. The number of carbonyl (C=O) groups excluding carboxylic acids is 2. The van der Waals surface area contributed by atoms with Crippen LogP contribution in [0.25, 0.3) is 0 Å². The van der Waals surface area contributed by atoms with Gasteiger partial charge in [-0.3, -0.25) is 9.59 Å². The van der Waals surface area contributed by atoms with E-state index < -0.39 is 55.6 Å². The van der Waals surface area contributed by atoms with Gasteiger partial charge in [-0.25, -0.2) is 0 Å². The first-order valence-corrected chi connectivity index (χ1v) is 22.1. The molecule has 0 saturated carbocycles. The van der Waals surface area contributed by atoms with Crippen LogP contribution in [-0.4, -0.2) is 118 Å². The van der Waals surface area contributed by atoms with E-state index in [0.29, 0.717) is 30.7 Å². The zero-order valence-corrected chi connectivity index (χ0v) is 35.0. The standard InChI is InChI=1S/C44H78N2O11/c1-3-4-5-6-7-8-9-10-12-15-18-21-27-35(48)39(50)34(32-56-44-42(53)41(52)40(51)37(31-47)57-44)46-38(49)29-22-19-16-13-11-14-17-20-25-30-45-43(54)33-26-23-24-28-36(33)55-2/h23-24,26,28,34-35,37,39-42,44,47-48,50-53H,3-22,25,27,29-32H2,1-2H3,(H,45,54)(H,46,49)/t34-,35+,37?,39-,40-,41-,42?,44-/m0/s1. The molecule has 57 heavy (non-hydrogen) atoms. The zero-order valence-electron chi connectivity index (χ0n) is 35.0. The summed E-state index contributed by atoms with van der Waals surface area (Å²) in [6.07, 6.45) is 13.7. The summed E-state index contributed by atoms with van der Waals surface area (Å²) in [5.74, 6) is 0.136. The van der Waals surface area contributed by atoms with Crippen LogP contribution in [0.5, 0.6) is 5.75 Å². The summed E-state index contributed by atoms with van der Waals surface area (Å²) in [5, 5.41) is 68.0. The molecule has 8 N–H and O–H groups in total. The molecular weight excluding hydrogens is 732 g/mol. The van der Waals surface area contributed by atoms with Crippen molar-refractivity contribution >= 4 is 11.8 Å². The van der Waals surface area contributed by atoms with E-state index in [2.05, 4.69) is 17.6 Å². The minimum absolute atomic E-state index is 0.128. The van der Waals surface area contributed by atoms with Gasteiger partial charge in [-0.15, -0.1) is 0 Å². The number of benzene rings is 1. The minimum atomic E-state index is -1.63. The van der Waals surface area contributed by atoms with Crippen molar-refractivity contribution in [3.63, 3.8) is 0 Å². The van der Waals surface area contributed by atoms with Crippen LogP contribution in [0.2, 0.25) is 0 Å². The fraction of sp³-hybridized carbons (Fsp3) is 0.818. The molecule has 1 aliphatic rings. The topological polar surface area (TPSA) is 207 Å². The van der Waals surface area contributed by atoms with Crippen LogP contribution >= 0.6 is 0 Å². The molecule has 1 saturated heterocycles. The van der Waals surface area contributed by atoms with Gasteiger partial charge in [0.15, 0.2) is 6.29 Å². The van der Waals surface area contributed by atoms with E-state index in [1.54, 1.807) is 19.2 Å². The highest BCUT2D eigenvalue weighted by Crippen LogP contribution is 2.23. The zero-order chi connectivity index (χ0) is 41.7. The molecule has 2 amide bonds. The predicted molar refractivity (Wildman–Crippen MR) is 221 cm³/mol. The number of hydrogen-bond donors (Lipinski definition) is 8. The summed E-state index contributed by atoms with van der Waals surface area (Å²) < 4.78 is 16.4. The van der Waals surface area contributed by atoms with Crippen molar-refractivity contribution in [3.8, 4) is 5.75 Å². The highest BCUT2D eigenvalue weighted by atomic mass is 16.7. The summed E-state index contributed by atoms with van der Waals surface area (Å²) in [7, 11) is 1.55. The molecule has 0 spiro atoms. The van der Waals surface area contributed by atoms with Gasteiger partial charge in [0, 0.05) is 13.0 Å². The van der Waals surface area contributed by atoms with Gasteiger partial charge < -0.3 is 55.5 Å². The third-order valence-electron chi connectivity index (χ3n) is 11.0. The molecule has 1 fully saturated rings. The van der Waals surface area contributed by atoms with E-state index in [-0.39, 0.29) is 24.8 Å². The number of methoxy groups -OCH3 is 1. The van der Waals surface area contributed by atoms with E-state index in [0.717, 1.165) is 77.0 Å². The van der Waals surface area contributed by atoms with Crippen molar-refractivity contribution < 1.29 is 54.4 Å². The first kappa shape index (κ1) is 50.8. The second-order valence-corrected chi connectivity index (χ2v) is 15.8. The fourth-order valence-electron chi connectivity index (χ4n) is 7.32. The third-order valence-corrected chi connectivity index (χ3v) is 11.0. The van der Waals surface area contributed by atoms with E-state index in [9.17, 15) is 40.2 Å². The maximum absolute atomic E-state index is 13.0. The maximum atomic E-state index is 13.0. The lowest BCUT2D eigenvalue weighted by Gasteiger charge is -2.40. The van der Waals surface area contributed by atoms with Gasteiger partial charge in [0.25, 0.3) is 5.91 Å². The number of unbranched alkanes of at least 4 members (excludes halogenated alkanes) is 19. The molecule has 1 aromatic rings. The Kier molecular flexibility index (Phi) is 28.1. The monoisotopic (exact) mass is 811 g/mol. The summed E-state index contributed by atoms with van der Waals surface area (Å²) in [6.45, 7) is 1.90. The number of para-hydroxylation sites is 1. The summed E-state index contributed by atoms with van der Waals surface area (Å²) in [6, 6.07) is 6.15. The van der Waals surface area contributed by atoms with Crippen LogP contribution < -0.4 is 15.4 Å². The highest BCUT2D eigenvalue weighted by Gasteiger charge is 2.44. The van der Waals surface area contributed by atoms with Crippen LogP contribution in [0, 0.1) is 0 Å². The van der Waals surface area contributed by atoms with E-state index >= 15 is 0 Å². The first-order chi connectivity index (χ1) is 27.6. The van der Waals surface area contributed by atoms with Crippen molar-refractivity contribution in [2.24, 2.45) is 0 Å². The number of amides is 2. The molecule has 1 heterocycles. The van der Waals surface area contributed by atoms with Crippen molar-refractivity contribution in [1.82, 2.24) is 10.6 Å². The van der Waals surface area contributed by atoms with E-state index in [1.165, 1.54) is 51.4 Å². The highest BCUT2D eigenvalue weighted by molar-refractivity contribution is 5.96. The normalized spacial score (nSPS) is 21.2. The molecule has 0 aliphatic carbocycles. The maximum Gasteiger partial charge on any atom is 0.255 e. The fourth-order valence-corrected chi connectivity index (χ4v) is 7.32. The van der Waals surface area contributed by atoms with Gasteiger partial charge in [0.2, 0.25) is 5.91 Å². The quantitative estimate of drug-likeness (QED) is 0.0412. The molecule has 13 nitrogen and oxygen atoms in total. The molecule has 2 unspecified atom stereocenters. The number of rotatable bonds is 34. The van der Waals surface area contributed by atoms with Gasteiger partial charge >= 0.3 is 0 Å². The Morgan fingerprint density at radius 2 is 1.28 bits per heavy atom. The predicted octanol–water partition coefficient (Wildman–Crippen LogP) is 5.44. The molecule has 13 heteroatoms. The van der Waals surface area contributed by atoms with Crippen LogP contribution in [-0.2, 0) is 14.3 Å². The van der Waals surface area contributed by atoms with Gasteiger partial charge in [-0.1, -0.05) is 141 Å². The first-order valence-electron chi connectivity index (χ1n) is 22.1. The molecule has 2 rings (SSSR count). The second-order valence-electron chi connectivity index (χ2n) is 15.8. The van der Waals surface area contributed by atoms with E-state index in [1.807, 2.05) is 12.1 Å². The van der Waals surface area contributed by atoms with Crippen LogP contribution in [0.3, 0.4) is 0 Å². The third kappa shape index (κ3) is 20.9. The lowest BCUT2D eigenvalue weighted by molar-refractivity contribution is -0.303. The lowest BCUT2D eigenvalue weighted by Crippen LogP contribution is -2.60. The summed E-state index contributed by atoms with van der Waals surface area (Å²) in [5.41, 5.74) is 0.537. The number of aliphatic hydroxyl groups excluding tert-OH is 6. The van der Waals surface area contributed by atoms with Crippen LogP contribution in [0.4, 0.5) is 0 Å². The Bertz CT molecular complexity index is 1170. The van der Waals surface area contributed by atoms with E-state index in [4.69, 9.17) is 14.2 Å². The lowest BCUT2D eigenvalue weighted by atomic mass is 9.98. The SMILES string of the molecule is CCCCCCCCCCCCCC[C@@H](O)[C@@H](O)[C@H](CO[C@H]1OC(CO)[C@H](O)[C@H](O)C1O)NC(=O)CCCCCCCCCCCNC(=O)c1ccccc1OC. The molecule has 330 valence electrons. The Labute approximate surface area is 342 Å². The molecule has 8 atom stereocenters. The number of nitrogens with one attached hydrogen (secondary N) is 2. The van der Waals surface area contributed by atoms with Gasteiger partial charge in [0.05, 0.1) is 38.0 Å². The number of hydrogen-bond acceptors (Lipinski definition) is 11. The summed E-state index contributed by atoms with van der Waals surface area (Å²) >= 11 is 0. The molecule has 1 aromatic carbocycles. The Morgan fingerprint density at radius 3 is 1.86 bits per heavy atom. The van der Waals surface area contributed by atoms with Crippen molar-refractivity contribution in [3.05, 3.63) is 29.8 Å². The van der Waals surface area contributed by atoms with Crippen LogP contribution in [0.1, 0.15) is 165 Å². The Morgan fingerprint density at radius 1 is 0.737 bits per heavy atom. The molecule has 0 radical (unpaired) electrons. The largest absolute Gasteiger partial charge is 0.496 e. The van der Waals surface area contributed by atoms with Crippen molar-refractivity contribution in [2.75, 3.05) is 26.9 Å². The second kappa shape index (κ2) is 31.5. The van der Waals surface area contributed by atoms with Gasteiger partial charge in [-0.05, 0) is 31.4 Å². The molecule has 1 aliphatic heterocycles.